The molecule has 188 valence electrons. The smallest absolute Gasteiger partial charge is 0.341 e. The van der Waals surface area contributed by atoms with Crippen molar-refractivity contribution >= 4 is 29.2 Å². The molecule has 1 atom stereocenters. The molecule has 2 aromatic carbocycles. The molecule has 1 fully saturated rings. The maximum absolute atomic E-state index is 11.5. The van der Waals surface area contributed by atoms with Gasteiger partial charge in [-0.05, 0) is 35.9 Å². The van der Waals surface area contributed by atoms with Crippen LogP contribution in [-0.4, -0.2) is 71.5 Å². The van der Waals surface area contributed by atoms with Crippen LogP contribution >= 0.6 is 11.6 Å². The number of hydrogen-bond donors (Lipinski definition) is 3. The van der Waals surface area contributed by atoms with Crippen molar-refractivity contribution < 1.29 is 34.0 Å². The molecular weight excluding hydrogens is 476 g/mol. The van der Waals surface area contributed by atoms with E-state index >= 15 is 0 Å². The first-order chi connectivity index (χ1) is 16.7. The quantitative estimate of drug-likeness (QED) is 0.477. The van der Waals surface area contributed by atoms with E-state index in [4.69, 9.17) is 30.9 Å². The number of nitrogens with zero attached hydrogens (tertiary/aromatic N) is 1. The van der Waals surface area contributed by atoms with Crippen LogP contribution in [0.3, 0.4) is 0 Å². The van der Waals surface area contributed by atoms with Crippen molar-refractivity contribution in [2.45, 2.75) is 37.9 Å². The number of carboxylic acids is 1. The van der Waals surface area contributed by atoms with Gasteiger partial charge in [0.25, 0.3) is 0 Å². The number of rotatable bonds is 9. The molecular formula is C25H29ClN2O7. The van der Waals surface area contributed by atoms with E-state index in [-0.39, 0.29) is 29.6 Å². The number of hydrogen-bond acceptors (Lipinski definition) is 7. The van der Waals surface area contributed by atoms with E-state index in [0.717, 1.165) is 43.7 Å². The lowest BCUT2D eigenvalue weighted by Crippen LogP contribution is -2.49. The van der Waals surface area contributed by atoms with E-state index in [1.165, 1.54) is 13.0 Å². The van der Waals surface area contributed by atoms with Crippen molar-refractivity contribution in [3.05, 3.63) is 47.0 Å². The Morgan fingerprint density at radius 1 is 1.20 bits per heavy atom. The van der Waals surface area contributed by atoms with Crippen LogP contribution in [-0.2, 0) is 16.0 Å². The van der Waals surface area contributed by atoms with E-state index in [1.807, 2.05) is 18.2 Å². The van der Waals surface area contributed by atoms with Gasteiger partial charge in [-0.1, -0.05) is 11.6 Å². The first-order valence-electron chi connectivity index (χ1n) is 11.5. The zero-order chi connectivity index (χ0) is 25.0. The standard InChI is InChI=1S/C25H29ClN2O7/c1-16(29)27-21-4-3-20(33-15-24(31)32)11-23(21)34-14-19(30)13-28-8-6-25(7-9-28)12-17-10-18(26)2-5-22(17)35-25/h2-5,10-11,19,30H,6-9,12-15H2,1H3,(H,27,29)(H,31,32)/t19-/m0/s1. The Morgan fingerprint density at radius 3 is 2.69 bits per heavy atom. The first kappa shape index (κ1) is 25.1. The summed E-state index contributed by atoms with van der Waals surface area (Å²) in [7, 11) is 0. The van der Waals surface area contributed by atoms with Gasteiger partial charge in [-0.25, -0.2) is 4.79 Å². The number of amides is 1. The number of likely N-dealkylation sites (tertiary alicyclic amines) is 1. The maximum atomic E-state index is 11.5. The van der Waals surface area contributed by atoms with Gasteiger partial charge in [0.1, 0.15) is 35.6 Å². The molecule has 10 heteroatoms. The number of nitrogens with one attached hydrogen (secondary N) is 1. The predicted octanol–water partition coefficient (Wildman–Crippen LogP) is 2.97. The lowest BCUT2D eigenvalue weighted by atomic mass is 9.87. The van der Waals surface area contributed by atoms with Crippen LogP contribution in [0.25, 0.3) is 0 Å². The van der Waals surface area contributed by atoms with Gasteiger partial charge in [0.15, 0.2) is 6.61 Å². The molecule has 2 aliphatic heterocycles. The molecule has 1 saturated heterocycles. The second-order valence-corrected chi connectivity index (χ2v) is 9.44. The SMILES string of the molecule is CC(=O)Nc1ccc(OCC(=O)O)cc1OC[C@@H](O)CN1CCC2(CC1)Cc1cc(Cl)ccc1O2. The first-order valence-corrected chi connectivity index (χ1v) is 11.9. The second-order valence-electron chi connectivity index (χ2n) is 9.00. The van der Waals surface area contributed by atoms with Crippen molar-refractivity contribution in [2.75, 3.05) is 38.2 Å². The number of aliphatic hydroxyl groups excluding tert-OH is 1. The molecule has 1 amide bonds. The minimum atomic E-state index is -1.10. The molecule has 0 bridgehead atoms. The summed E-state index contributed by atoms with van der Waals surface area (Å²) in [6.07, 6.45) is 1.78. The number of carbonyl (C=O) groups excluding carboxylic acids is 1. The average molecular weight is 505 g/mol. The van der Waals surface area contributed by atoms with Gasteiger partial charge >= 0.3 is 5.97 Å². The van der Waals surface area contributed by atoms with Crippen molar-refractivity contribution in [2.24, 2.45) is 0 Å². The van der Waals surface area contributed by atoms with E-state index in [9.17, 15) is 14.7 Å². The lowest BCUT2D eigenvalue weighted by Gasteiger charge is -2.39. The van der Waals surface area contributed by atoms with Crippen LogP contribution < -0.4 is 19.5 Å². The molecule has 35 heavy (non-hydrogen) atoms. The number of anilines is 1. The van der Waals surface area contributed by atoms with Gasteiger partial charge in [0.05, 0.1) is 5.69 Å². The molecule has 2 heterocycles. The summed E-state index contributed by atoms with van der Waals surface area (Å²) < 4.78 is 17.3. The normalized spacial score (nSPS) is 17.3. The summed E-state index contributed by atoms with van der Waals surface area (Å²) in [5, 5.41) is 22.8. The summed E-state index contributed by atoms with van der Waals surface area (Å²) in [5.41, 5.74) is 1.34. The minimum Gasteiger partial charge on any atom is -0.489 e. The third kappa shape index (κ3) is 6.56. The highest BCUT2D eigenvalue weighted by Gasteiger charge is 2.42. The van der Waals surface area contributed by atoms with Crippen molar-refractivity contribution in [3.63, 3.8) is 0 Å². The third-order valence-corrected chi connectivity index (χ3v) is 6.39. The van der Waals surface area contributed by atoms with E-state index in [1.54, 1.807) is 12.1 Å². The molecule has 2 aromatic rings. The Kier molecular flexibility index (Phi) is 7.69. The Balaban J connectivity index is 1.29. The number of fused-ring (bicyclic) bond motifs is 1. The number of carboxylic acid groups (broad SMARTS) is 1. The molecule has 0 aliphatic carbocycles. The fourth-order valence-corrected chi connectivity index (χ4v) is 4.71. The van der Waals surface area contributed by atoms with E-state index < -0.39 is 18.7 Å². The van der Waals surface area contributed by atoms with Gasteiger partial charge < -0.3 is 34.6 Å². The monoisotopic (exact) mass is 504 g/mol. The molecule has 2 aliphatic rings. The van der Waals surface area contributed by atoms with Crippen LogP contribution in [0, 0.1) is 0 Å². The molecule has 0 aromatic heterocycles. The highest BCUT2D eigenvalue weighted by atomic mass is 35.5. The molecule has 0 saturated carbocycles. The average Bonchev–Trinajstić information content (AvgIpc) is 3.15. The Hall–Kier alpha value is -3.01. The molecule has 1 spiro atoms. The zero-order valence-electron chi connectivity index (χ0n) is 19.5. The van der Waals surface area contributed by atoms with Crippen molar-refractivity contribution in [3.8, 4) is 17.2 Å². The van der Waals surface area contributed by atoms with E-state index in [0.29, 0.717) is 17.3 Å². The summed E-state index contributed by atoms with van der Waals surface area (Å²) in [6.45, 7) is 2.87. The predicted molar refractivity (Wildman–Crippen MR) is 130 cm³/mol. The largest absolute Gasteiger partial charge is 0.489 e. The Bertz CT molecular complexity index is 1090. The number of halogens is 1. The van der Waals surface area contributed by atoms with Gasteiger partial charge in [0.2, 0.25) is 5.91 Å². The van der Waals surface area contributed by atoms with Crippen LogP contribution in [0.2, 0.25) is 5.02 Å². The number of aliphatic hydroxyl groups is 1. The Labute approximate surface area is 208 Å². The highest BCUT2D eigenvalue weighted by molar-refractivity contribution is 6.30. The zero-order valence-corrected chi connectivity index (χ0v) is 20.2. The second kappa shape index (κ2) is 10.7. The molecule has 0 unspecified atom stereocenters. The summed E-state index contributed by atoms with van der Waals surface area (Å²) in [4.78, 5) is 24.5. The van der Waals surface area contributed by atoms with Crippen LogP contribution in [0.1, 0.15) is 25.3 Å². The summed E-state index contributed by atoms with van der Waals surface area (Å²) in [5.74, 6) is 0.0886. The highest BCUT2D eigenvalue weighted by Crippen LogP contribution is 2.42. The number of carbonyl (C=O) groups is 2. The van der Waals surface area contributed by atoms with Gasteiger partial charge in [-0.3, -0.25) is 4.79 Å². The van der Waals surface area contributed by atoms with Gasteiger partial charge in [0, 0.05) is 56.9 Å². The number of aliphatic carboxylic acids is 1. The molecule has 0 radical (unpaired) electrons. The summed E-state index contributed by atoms with van der Waals surface area (Å²) >= 11 is 6.12. The topological polar surface area (TPSA) is 118 Å². The third-order valence-electron chi connectivity index (χ3n) is 6.16. The number of benzene rings is 2. The number of β-amino-alcohol motifs (C(OH)–C–C–N with tert-alkyl or cyclic N) is 1. The minimum absolute atomic E-state index is 0.00292. The maximum Gasteiger partial charge on any atom is 0.341 e. The fraction of sp³-hybridized carbons (Fsp3) is 0.440. The van der Waals surface area contributed by atoms with E-state index in [2.05, 4.69) is 10.2 Å². The Morgan fingerprint density at radius 2 is 1.97 bits per heavy atom. The molecule has 4 rings (SSSR count). The van der Waals surface area contributed by atoms with Gasteiger partial charge in [-0.15, -0.1) is 0 Å². The van der Waals surface area contributed by atoms with Crippen LogP contribution in [0.4, 0.5) is 5.69 Å². The van der Waals surface area contributed by atoms with Crippen molar-refractivity contribution in [1.29, 1.82) is 0 Å². The van der Waals surface area contributed by atoms with Crippen molar-refractivity contribution in [1.82, 2.24) is 4.90 Å². The van der Waals surface area contributed by atoms with Crippen LogP contribution in [0.5, 0.6) is 17.2 Å². The lowest BCUT2D eigenvalue weighted by molar-refractivity contribution is -0.139. The number of piperidine rings is 1. The molecule has 9 nitrogen and oxygen atoms in total. The van der Waals surface area contributed by atoms with Crippen LogP contribution in [0.15, 0.2) is 36.4 Å². The number of ether oxygens (including phenoxy) is 3. The fourth-order valence-electron chi connectivity index (χ4n) is 4.51. The molecule has 3 N–H and O–H groups in total. The summed E-state index contributed by atoms with van der Waals surface area (Å²) in [6, 6.07) is 10.3. The van der Waals surface area contributed by atoms with Gasteiger partial charge in [-0.2, -0.15) is 0 Å².